The first-order valence-electron chi connectivity index (χ1n) is 7.65. The fraction of sp³-hybridized carbons (Fsp3) is 0.733. The normalized spacial score (nSPS) is 25.8. The average molecular weight is 310 g/mol. The molecule has 1 N–H and O–H groups in total. The molecule has 1 aliphatic heterocycles. The van der Waals surface area contributed by atoms with Crippen LogP contribution in [0.3, 0.4) is 0 Å². The molecule has 1 saturated heterocycles. The third-order valence-electron chi connectivity index (χ3n) is 4.20. The van der Waals surface area contributed by atoms with Gasteiger partial charge in [0.1, 0.15) is 5.01 Å². The van der Waals surface area contributed by atoms with E-state index in [-0.39, 0.29) is 5.97 Å². The van der Waals surface area contributed by atoms with Crippen molar-refractivity contribution < 1.29 is 14.3 Å². The standard InChI is InChI=1S/C15H22N2O3S/c1-19-14(18)6-5-12-9-17-15(21-12)13-7-11(8-16-13)20-10-3-2-4-10/h9-11,13,16H,2-8H2,1H3/t11-,13-/m0/s1. The van der Waals surface area contributed by atoms with Crippen LogP contribution in [0.2, 0.25) is 0 Å². The molecule has 6 heteroatoms. The first-order chi connectivity index (χ1) is 10.2. The maximum absolute atomic E-state index is 11.2. The lowest BCUT2D eigenvalue weighted by atomic mass is 9.96. The van der Waals surface area contributed by atoms with Gasteiger partial charge in [-0.1, -0.05) is 0 Å². The summed E-state index contributed by atoms with van der Waals surface area (Å²) in [5.41, 5.74) is 0. The van der Waals surface area contributed by atoms with Crippen LogP contribution in [0.1, 0.15) is 48.0 Å². The molecule has 116 valence electrons. The molecule has 0 amide bonds. The summed E-state index contributed by atoms with van der Waals surface area (Å²) in [6.45, 7) is 0.915. The van der Waals surface area contributed by atoms with Crippen LogP contribution in [-0.4, -0.2) is 36.8 Å². The van der Waals surface area contributed by atoms with E-state index in [9.17, 15) is 4.79 Å². The van der Waals surface area contributed by atoms with Crippen molar-refractivity contribution >= 4 is 17.3 Å². The summed E-state index contributed by atoms with van der Waals surface area (Å²) in [7, 11) is 1.42. The van der Waals surface area contributed by atoms with Crippen LogP contribution in [-0.2, 0) is 20.7 Å². The molecule has 5 nitrogen and oxygen atoms in total. The van der Waals surface area contributed by atoms with E-state index in [2.05, 4.69) is 15.0 Å². The molecule has 2 heterocycles. The van der Waals surface area contributed by atoms with Gasteiger partial charge in [0, 0.05) is 17.6 Å². The van der Waals surface area contributed by atoms with Crippen LogP contribution in [0.15, 0.2) is 6.20 Å². The van der Waals surface area contributed by atoms with Gasteiger partial charge in [-0.3, -0.25) is 4.79 Å². The Morgan fingerprint density at radius 2 is 2.33 bits per heavy atom. The summed E-state index contributed by atoms with van der Waals surface area (Å²) in [6, 6.07) is 0.298. The van der Waals surface area contributed by atoms with Gasteiger partial charge in [0.05, 0.1) is 31.8 Å². The molecule has 2 aliphatic rings. The molecular formula is C15H22N2O3S. The predicted octanol–water partition coefficient (Wildman–Crippen LogP) is 2.22. The topological polar surface area (TPSA) is 60.5 Å². The highest BCUT2D eigenvalue weighted by molar-refractivity contribution is 7.11. The Hall–Kier alpha value is -0.980. The lowest BCUT2D eigenvalue weighted by molar-refractivity contribution is -0.140. The number of nitrogens with zero attached hydrogens (tertiary/aromatic N) is 1. The summed E-state index contributed by atoms with van der Waals surface area (Å²) in [5, 5.41) is 4.60. The number of carbonyl (C=O) groups excluding carboxylic acids is 1. The fourth-order valence-electron chi connectivity index (χ4n) is 2.70. The van der Waals surface area contributed by atoms with Crippen LogP contribution >= 0.6 is 11.3 Å². The van der Waals surface area contributed by atoms with E-state index in [1.807, 2.05) is 6.20 Å². The molecule has 0 radical (unpaired) electrons. The minimum absolute atomic E-state index is 0.169. The van der Waals surface area contributed by atoms with E-state index < -0.39 is 0 Å². The van der Waals surface area contributed by atoms with Crippen LogP contribution in [0.4, 0.5) is 0 Å². The highest BCUT2D eigenvalue weighted by atomic mass is 32.1. The van der Waals surface area contributed by atoms with Gasteiger partial charge in [-0.05, 0) is 32.1 Å². The van der Waals surface area contributed by atoms with Crippen LogP contribution in [0, 0.1) is 0 Å². The largest absolute Gasteiger partial charge is 0.469 e. The quantitative estimate of drug-likeness (QED) is 0.816. The maximum atomic E-state index is 11.2. The number of hydrogen-bond donors (Lipinski definition) is 1. The molecule has 3 rings (SSSR count). The van der Waals surface area contributed by atoms with E-state index in [0.717, 1.165) is 22.9 Å². The van der Waals surface area contributed by atoms with Gasteiger partial charge in [0.2, 0.25) is 0 Å². The Bertz CT molecular complexity index is 487. The number of esters is 1. The second kappa shape index (κ2) is 6.85. The Balaban J connectivity index is 1.48. The smallest absolute Gasteiger partial charge is 0.305 e. The molecule has 1 aromatic heterocycles. The van der Waals surface area contributed by atoms with Crippen molar-refractivity contribution in [2.45, 2.75) is 56.8 Å². The van der Waals surface area contributed by atoms with Crippen molar-refractivity contribution in [3.05, 3.63) is 16.1 Å². The van der Waals surface area contributed by atoms with Crippen molar-refractivity contribution in [2.24, 2.45) is 0 Å². The molecule has 1 saturated carbocycles. The Morgan fingerprint density at radius 3 is 3.05 bits per heavy atom. The van der Waals surface area contributed by atoms with Crippen molar-refractivity contribution in [1.82, 2.24) is 10.3 Å². The van der Waals surface area contributed by atoms with E-state index in [0.29, 0.717) is 31.1 Å². The number of carbonyl (C=O) groups is 1. The average Bonchev–Trinajstić information content (AvgIpc) is 3.09. The number of aromatic nitrogens is 1. The number of aryl methyl sites for hydroxylation is 1. The van der Waals surface area contributed by atoms with E-state index >= 15 is 0 Å². The molecule has 2 fully saturated rings. The van der Waals surface area contributed by atoms with E-state index in [4.69, 9.17) is 4.74 Å². The van der Waals surface area contributed by atoms with Crippen molar-refractivity contribution in [3.8, 4) is 0 Å². The molecule has 0 bridgehead atoms. The molecule has 1 aliphatic carbocycles. The van der Waals surface area contributed by atoms with Crippen molar-refractivity contribution in [1.29, 1.82) is 0 Å². The summed E-state index contributed by atoms with van der Waals surface area (Å²) in [4.78, 5) is 16.8. The highest BCUT2D eigenvalue weighted by Gasteiger charge is 2.31. The minimum atomic E-state index is -0.169. The number of thiazole rings is 1. The molecule has 0 unspecified atom stereocenters. The zero-order valence-corrected chi connectivity index (χ0v) is 13.2. The van der Waals surface area contributed by atoms with Gasteiger partial charge in [-0.25, -0.2) is 4.98 Å². The van der Waals surface area contributed by atoms with E-state index in [1.54, 1.807) is 11.3 Å². The Labute approximate surface area is 129 Å². The molecule has 0 spiro atoms. The van der Waals surface area contributed by atoms with Crippen molar-refractivity contribution in [3.63, 3.8) is 0 Å². The van der Waals surface area contributed by atoms with Crippen molar-refractivity contribution in [2.75, 3.05) is 13.7 Å². The highest BCUT2D eigenvalue weighted by Crippen LogP contribution is 2.32. The molecule has 1 aromatic rings. The Morgan fingerprint density at radius 1 is 1.48 bits per heavy atom. The van der Waals surface area contributed by atoms with Gasteiger partial charge in [0.15, 0.2) is 0 Å². The van der Waals surface area contributed by atoms with Gasteiger partial charge in [-0.15, -0.1) is 11.3 Å². The van der Waals surface area contributed by atoms with Gasteiger partial charge >= 0.3 is 5.97 Å². The first-order valence-corrected chi connectivity index (χ1v) is 8.46. The maximum Gasteiger partial charge on any atom is 0.305 e. The second-order valence-corrected chi connectivity index (χ2v) is 6.90. The lowest BCUT2D eigenvalue weighted by Crippen LogP contribution is -2.28. The SMILES string of the molecule is COC(=O)CCc1cnc([C@@H]2C[C@H](OC3CCC3)CN2)s1. The summed E-state index contributed by atoms with van der Waals surface area (Å²) < 4.78 is 10.7. The fourth-order valence-corrected chi connectivity index (χ4v) is 3.71. The summed E-state index contributed by atoms with van der Waals surface area (Å²) in [5.74, 6) is -0.169. The molecule has 0 aromatic carbocycles. The third-order valence-corrected chi connectivity index (χ3v) is 5.37. The first kappa shape index (κ1) is 14.9. The number of hydrogen-bond acceptors (Lipinski definition) is 6. The number of methoxy groups -OCH3 is 1. The number of ether oxygens (including phenoxy) is 2. The second-order valence-electron chi connectivity index (χ2n) is 5.75. The lowest BCUT2D eigenvalue weighted by Gasteiger charge is -2.28. The van der Waals surface area contributed by atoms with Crippen LogP contribution in [0.5, 0.6) is 0 Å². The monoisotopic (exact) mass is 310 g/mol. The van der Waals surface area contributed by atoms with Crippen LogP contribution in [0.25, 0.3) is 0 Å². The zero-order valence-electron chi connectivity index (χ0n) is 12.3. The molecule has 21 heavy (non-hydrogen) atoms. The van der Waals surface area contributed by atoms with Gasteiger partial charge in [0.25, 0.3) is 0 Å². The van der Waals surface area contributed by atoms with E-state index in [1.165, 1.54) is 26.4 Å². The van der Waals surface area contributed by atoms with Crippen LogP contribution < -0.4 is 5.32 Å². The minimum Gasteiger partial charge on any atom is -0.469 e. The number of nitrogens with one attached hydrogen (secondary N) is 1. The van der Waals surface area contributed by atoms with Gasteiger partial charge in [-0.2, -0.15) is 0 Å². The predicted molar refractivity (Wildman–Crippen MR) is 80.3 cm³/mol. The third kappa shape index (κ3) is 3.81. The molecular weight excluding hydrogens is 288 g/mol. The molecule has 2 atom stereocenters. The van der Waals surface area contributed by atoms with Gasteiger partial charge < -0.3 is 14.8 Å². The number of rotatable bonds is 6. The summed E-state index contributed by atoms with van der Waals surface area (Å²) in [6.07, 6.45) is 8.56. The Kier molecular flexibility index (Phi) is 4.87. The summed E-state index contributed by atoms with van der Waals surface area (Å²) >= 11 is 1.69. The zero-order chi connectivity index (χ0) is 14.7.